The molecule has 0 amide bonds. The van der Waals surface area contributed by atoms with Crippen molar-refractivity contribution in [2.45, 2.75) is 19.3 Å². The van der Waals surface area contributed by atoms with E-state index in [0.717, 1.165) is 11.1 Å². The molecule has 3 rings (SSSR count). The summed E-state index contributed by atoms with van der Waals surface area (Å²) in [4.78, 5) is 0. The number of aliphatic hydroxyl groups is 1. The summed E-state index contributed by atoms with van der Waals surface area (Å²) in [5.74, 6) is 0.0574. The van der Waals surface area contributed by atoms with E-state index in [0.29, 0.717) is 12.4 Å². The highest BCUT2D eigenvalue weighted by Gasteiger charge is 2.17. The zero-order chi connectivity index (χ0) is 19.1. The quantitative estimate of drug-likeness (QED) is 0.632. The molecule has 0 radical (unpaired) electrons. The number of rotatable bonds is 8. The zero-order valence-electron chi connectivity index (χ0n) is 14.8. The van der Waals surface area contributed by atoms with Crippen molar-refractivity contribution in [2.24, 2.45) is 5.73 Å². The van der Waals surface area contributed by atoms with Gasteiger partial charge in [0.25, 0.3) is 0 Å². The van der Waals surface area contributed by atoms with E-state index in [1.54, 1.807) is 0 Å². The highest BCUT2D eigenvalue weighted by molar-refractivity contribution is 5.45. The average molecular weight is 367 g/mol. The van der Waals surface area contributed by atoms with Crippen LogP contribution < -0.4 is 15.2 Å². The van der Waals surface area contributed by atoms with Gasteiger partial charge in [-0.1, -0.05) is 60.7 Å². The summed E-state index contributed by atoms with van der Waals surface area (Å²) in [6.45, 7) is 0.492. The number of nitrogens with two attached hydrogens (primary N) is 1. The van der Waals surface area contributed by atoms with Crippen molar-refractivity contribution in [3.63, 3.8) is 0 Å². The molecule has 0 aliphatic carbocycles. The predicted octanol–water partition coefficient (Wildman–Crippen LogP) is 3.98. The van der Waals surface area contributed by atoms with Gasteiger partial charge >= 0.3 is 0 Å². The first-order valence-electron chi connectivity index (χ1n) is 8.72. The van der Waals surface area contributed by atoms with Crippen LogP contribution >= 0.6 is 0 Å². The Balaban J connectivity index is 1.83. The average Bonchev–Trinajstić information content (AvgIpc) is 2.72. The monoisotopic (exact) mass is 367 g/mol. The Hall–Kier alpha value is -2.89. The van der Waals surface area contributed by atoms with Gasteiger partial charge in [-0.2, -0.15) is 0 Å². The highest BCUT2D eigenvalue weighted by Crippen LogP contribution is 2.34. The Morgan fingerprint density at radius 3 is 1.78 bits per heavy atom. The molecule has 0 saturated heterocycles. The van der Waals surface area contributed by atoms with Crippen LogP contribution in [-0.4, -0.2) is 11.7 Å². The lowest BCUT2D eigenvalue weighted by Crippen LogP contribution is -2.13. The number of benzene rings is 3. The van der Waals surface area contributed by atoms with Gasteiger partial charge in [-0.25, -0.2) is 4.39 Å². The lowest BCUT2D eigenvalue weighted by Gasteiger charge is -2.17. The maximum absolute atomic E-state index is 14.4. The molecule has 3 N–H and O–H groups in total. The third-order valence-corrected chi connectivity index (χ3v) is 4.12. The molecular weight excluding hydrogens is 345 g/mol. The Kier molecular flexibility index (Phi) is 6.41. The maximum atomic E-state index is 14.4. The van der Waals surface area contributed by atoms with E-state index >= 15 is 0 Å². The fraction of sp³-hybridized carbons (Fsp3) is 0.182. The summed E-state index contributed by atoms with van der Waals surface area (Å²) in [5.41, 5.74) is 7.49. The Bertz CT molecular complexity index is 856. The van der Waals surface area contributed by atoms with Gasteiger partial charge in [0.2, 0.25) is 0 Å². The van der Waals surface area contributed by atoms with Gasteiger partial charge in [0.15, 0.2) is 11.5 Å². The van der Waals surface area contributed by atoms with Crippen LogP contribution in [0.2, 0.25) is 0 Å². The molecule has 0 unspecified atom stereocenters. The molecular formula is C22H22FNO3. The highest BCUT2D eigenvalue weighted by atomic mass is 19.1. The Labute approximate surface area is 158 Å². The van der Waals surface area contributed by atoms with E-state index in [2.05, 4.69) is 0 Å². The van der Waals surface area contributed by atoms with Crippen LogP contribution in [0.15, 0.2) is 72.8 Å². The van der Waals surface area contributed by atoms with E-state index in [1.807, 2.05) is 60.7 Å². The van der Waals surface area contributed by atoms with Gasteiger partial charge in [-0.05, 0) is 17.2 Å². The summed E-state index contributed by atoms with van der Waals surface area (Å²) in [7, 11) is 0. The minimum Gasteiger partial charge on any atom is -0.485 e. The molecule has 140 valence electrons. The number of ether oxygens (including phenoxy) is 2. The van der Waals surface area contributed by atoms with Crippen LogP contribution in [0.3, 0.4) is 0 Å². The normalized spacial score (nSPS) is 11.8. The summed E-state index contributed by atoms with van der Waals surface area (Å²) < 4.78 is 26.0. The summed E-state index contributed by atoms with van der Waals surface area (Å²) >= 11 is 0. The second-order valence-electron chi connectivity index (χ2n) is 6.12. The van der Waals surface area contributed by atoms with Crippen LogP contribution in [0.25, 0.3) is 0 Å². The second-order valence-corrected chi connectivity index (χ2v) is 6.12. The third-order valence-electron chi connectivity index (χ3n) is 4.12. The minimum absolute atomic E-state index is 0.0841. The van der Waals surface area contributed by atoms with Gasteiger partial charge in [0.05, 0.1) is 6.10 Å². The van der Waals surface area contributed by atoms with Crippen LogP contribution in [0.1, 0.15) is 22.8 Å². The standard InChI is InChI=1S/C22H22FNO3/c23-19-12-22(27-15-17-9-5-2-6-10-17)21(11-18(19)20(25)13-24)26-14-16-7-3-1-4-8-16/h1-12,20,25H,13-15,24H2/t20-/m1/s1. The number of hydrogen-bond donors (Lipinski definition) is 2. The van der Waals surface area contributed by atoms with Crippen LogP contribution in [0, 0.1) is 5.82 Å². The van der Waals surface area contributed by atoms with Crippen LogP contribution in [0.5, 0.6) is 11.5 Å². The smallest absolute Gasteiger partial charge is 0.164 e. The zero-order valence-corrected chi connectivity index (χ0v) is 14.8. The molecule has 0 heterocycles. The molecule has 0 spiro atoms. The van der Waals surface area contributed by atoms with Crippen molar-refractivity contribution in [3.05, 3.63) is 95.3 Å². The van der Waals surface area contributed by atoms with Crippen LogP contribution in [0.4, 0.5) is 4.39 Å². The van der Waals surface area contributed by atoms with Crippen molar-refractivity contribution >= 4 is 0 Å². The van der Waals surface area contributed by atoms with E-state index in [-0.39, 0.29) is 24.5 Å². The van der Waals surface area contributed by atoms with Gasteiger partial charge in [0, 0.05) is 18.2 Å². The van der Waals surface area contributed by atoms with Crippen molar-refractivity contribution < 1.29 is 19.0 Å². The molecule has 3 aromatic carbocycles. The first-order chi connectivity index (χ1) is 13.2. The Morgan fingerprint density at radius 2 is 1.30 bits per heavy atom. The maximum Gasteiger partial charge on any atom is 0.164 e. The number of hydrogen-bond acceptors (Lipinski definition) is 4. The molecule has 3 aromatic rings. The first kappa shape index (κ1) is 18.9. The van der Waals surface area contributed by atoms with Crippen molar-refractivity contribution in [3.8, 4) is 11.5 Å². The molecule has 0 bridgehead atoms. The molecule has 5 heteroatoms. The lowest BCUT2D eigenvalue weighted by atomic mass is 10.1. The summed E-state index contributed by atoms with van der Waals surface area (Å²) in [6, 6.07) is 21.9. The second kappa shape index (κ2) is 9.16. The van der Waals surface area contributed by atoms with Crippen molar-refractivity contribution in [1.82, 2.24) is 0 Å². The van der Waals surface area contributed by atoms with Gasteiger partial charge in [0.1, 0.15) is 19.0 Å². The van der Waals surface area contributed by atoms with Gasteiger partial charge in [-0.3, -0.25) is 0 Å². The third kappa shape index (κ3) is 5.06. The van der Waals surface area contributed by atoms with Crippen molar-refractivity contribution in [2.75, 3.05) is 6.54 Å². The SMILES string of the molecule is NC[C@@H](O)c1cc(OCc2ccccc2)c(OCc2ccccc2)cc1F. The fourth-order valence-electron chi connectivity index (χ4n) is 2.63. The Morgan fingerprint density at radius 1 is 0.815 bits per heavy atom. The largest absolute Gasteiger partial charge is 0.485 e. The topological polar surface area (TPSA) is 64.7 Å². The van der Waals surface area contributed by atoms with E-state index in [9.17, 15) is 9.50 Å². The fourth-order valence-corrected chi connectivity index (χ4v) is 2.63. The first-order valence-corrected chi connectivity index (χ1v) is 8.72. The van der Waals surface area contributed by atoms with E-state index in [1.165, 1.54) is 12.1 Å². The van der Waals surface area contributed by atoms with Crippen LogP contribution in [-0.2, 0) is 13.2 Å². The number of halogens is 1. The van der Waals surface area contributed by atoms with E-state index in [4.69, 9.17) is 15.2 Å². The lowest BCUT2D eigenvalue weighted by molar-refractivity contribution is 0.180. The van der Waals surface area contributed by atoms with Crippen molar-refractivity contribution in [1.29, 1.82) is 0 Å². The summed E-state index contributed by atoms with van der Waals surface area (Å²) in [6.07, 6.45) is -1.10. The minimum atomic E-state index is -1.10. The molecule has 0 aromatic heterocycles. The summed E-state index contributed by atoms with van der Waals surface area (Å²) in [5, 5.41) is 9.96. The molecule has 0 fully saturated rings. The molecule has 0 aliphatic rings. The molecule has 0 saturated carbocycles. The molecule has 4 nitrogen and oxygen atoms in total. The molecule has 1 atom stereocenters. The predicted molar refractivity (Wildman–Crippen MR) is 102 cm³/mol. The van der Waals surface area contributed by atoms with Gasteiger partial charge < -0.3 is 20.3 Å². The molecule has 27 heavy (non-hydrogen) atoms. The van der Waals surface area contributed by atoms with Gasteiger partial charge in [-0.15, -0.1) is 0 Å². The molecule has 0 aliphatic heterocycles. The van der Waals surface area contributed by atoms with E-state index < -0.39 is 11.9 Å². The number of aliphatic hydroxyl groups excluding tert-OH is 1.